The van der Waals surface area contributed by atoms with E-state index in [-0.39, 0.29) is 11.5 Å². The molecule has 144 valence electrons. The zero-order valence-corrected chi connectivity index (χ0v) is 15.3. The van der Waals surface area contributed by atoms with E-state index in [1.54, 1.807) is 54.1 Å². The van der Waals surface area contributed by atoms with Crippen molar-refractivity contribution in [3.8, 4) is 17.1 Å². The Morgan fingerprint density at radius 3 is 2.45 bits per heavy atom. The molecular formula is C21H15N3O5. The number of allylic oxidation sites excluding steroid dienone is 1. The molecule has 0 aliphatic heterocycles. The van der Waals surface area contributed by atoms with Gasteiger partial charge in [-0.3, -0.25) is 14.9 Å². The maximum atomic E-state index is 13.0. The van der Waals surface area contributed by atoms with Crippen LogP contribution in [0.2, 0.25) is 0 Å². The van der Waals surface area contributed by atoms with Crippen LogP contribution >= 0.6 is 0 Å². The number of ketones is 1. The van der Waals surface area contributed by atoms with Crippen LogP contribution in [0.4, 0.5) is 5.69 Å². The average Bonchev–Trinajstić information content (AvgIpc) is 3.47. The first-order valence-corrected chi connectivity index (χ1v) is 8.69. The van der Waals surface area contributed by atoms with Gasteiger partial charge < -0.3 is 8.83 Å². The highest BCUT2D eigenvalue weighted by Crippen LogP contribution is 2.29. The first kappa shape index (κ1) is 18.2. The van der Waals surface area contributed by atoms with Gasteiger partial charge in [0, 0.05) is 12.1 Å². The summed E-state index contributed by atoms with van der Waals surface area (Å²) in [5, 5.41) is 15.4. The lowest BCUT2D eigenvalue weighted by atomic mass is 10.1. The fourth-order valence-electron chi connectivity index (χ4n) is 2.98. The van der Waals surface area contributed by atoms with Crippen LogP contribution in [0, 0.1) is 17.0 Å². The number of hydrogen-bond donors (Lipinski definition) is 0. The number of furan rings is 2. The summed E-state index contributed by atoms with van der Waals surface area (Å²) in [6.07, 6.45) is 6.02. The molecule has 4 rings (SSSR count). The Bertz CT molecular complexity index is 1180. The van der Waals surface area contributed by atoms with Crippen molar-refractivity contribution in [2.45, 2.75) is 6.92 Å². The second-order valence-corrected chi connectivity index (χ2v) is 6.18. The molecule has 0 bridgehead atoms. The molecule has 0 aliphatic carbocycles. The van der Waals surface area contributed by atoms with Crippen molar-refractivity contribution in [3.05, 3.63) is 94.3 Å². The van der Waals surface area contributed by atoms with E-state index < -0.39 is 4.92 Å². The predicted octanol–water partition coefficient (Wildman–Crippen LogP) is 4.84. The molecule has 0 aliphatic rings. The summed E-state index contributed by atoms with van der Waals surface area (Å²) in [6, 6.07) is 12.8. The van der Waals surface area contributed by atoms with Gasteiger partial charge in [0.2, 0.25) is 0 Å². The summed E-state index contributed by atoms with van der Waals surface area (Å²) in [6.45, 7) is 1.76. The van der Waals surface area contributed by atoms with E-state index in [1.807, 2.05) is 0 Å². The minimum atomic E-state index is -0.470. The van der Waals surface area contributed by atoms with Crippen molar-refractivity contribution in [1.29, 1.82) is 0 Å². The molecule has 8 nitrogen and oxygen atoms in total. The van der Waals surface area contributed by atoms with Crippen LogP contribution in [-0.4, -0.2) is 20.5 Å². The van der Waals surface area contributed by atoms with Gasteiger partial charge in [-0.2, -0.15) is 5.10 Å². The highest BCUT2D eigenvalue weighted by atomic mass is 16.6. The summed E-state index contributed by atoms with van der Waals surface area (Å²) in [5.41, 5.74) is 1.91. The number of nitrogens with zero attached hydrogens (tertiary/aromatic N) is 3. The average molecular weight is 389 g/mol. The second kappa shape index (κ2) is 7.43. The maximum absolute atomic E-state index is 13.0. The van der Waals surface area contributed by atoms with Crippen LogP contribution in [0.1, 0.15) is 21.8 Å². The lowest BCUT2D eigenvalue weighted by Gasteiger charge is -2.04. The molecule has 0 radical (unpaired) electrons. The van der Waals surface area contributed by atoms with Crippen molar-refractivity contribution in [1.82, 2.24) is 9.78 Å². The van der Waals surface area contributed by atoms with Gasteiger partial charge in [-0.1, -0.05) is 0 Å². The number of nitro benzene ring substituents is 1. The third-order valence-corrected chi connectivity index (χ3v) is 4.36. The normalized spacial score (nSPS) is 11.2. The van der Waals surface area contributed by atoms with Gasteiger partial charge in [-0.05, 0) is 55.5 Å². The Morgan fingerprint density at radius 2 is 1.83 bits per heavy atom. The van der Waals surface area contributed by atoms with Gasteiger partial charge in [0.1, 0.15) is 11.5 Å². The minimum absolute atomic E-state index is 0.0255. The number of non-ortho nitro benzene ring substituents is 1. The van der Waals surface area contributed by atoms with Crippen LogP contribution in [-0.2, 0) is 0 Å². The Kier molecular flexibility index (Phi) is 4.66. The predicted molar refractivity (Wildman–Crippen MR) is 105 cm³/mol. The van der Waals surface area contributed by atoms with Crippen molar-refractivity contribution in [2.24, 2.45) is 0 Å². The van der Waals surface area contributed by atoms with Gasteiger partial charge in [0.05, 0.1) is 34.4 Å². The maximum Gasteiger partial charge on any atom is 0.269 e. The van der Waals surface area contributed by atoms with Gasteiger partial charge >= 0.3 is 0 Å². The van der Waals surface area contributed by atoms with Crippen molar-refractivity contribution >= 4 is 17.5 Å². The van der Waals surface area contributed by atoms with E-state index in [0.29, 0.717) is 34.2 Å². The topological polar surface area (TPSA) is 104 Å². The van der Waals surface area contributed by atoms with E-state index in [2.05, 4.69) is 5.10 Å². The number of hydrogen-bond acceptors (Lipinski definition) is 6. The largest absolute Gasteiger partial charge is 0.465 e. The molecule has 1 aromatic carbocycles. The molecule has 0 amide bonds. The third-order valence-electron chi connectivity index (χ3n) is 4.36. The standard InChI is InChI=1S/C21H15N3O5/c1-14-20(18(25)11-10-17-4-2-12-28-17)21(19-5-3-13-29-19)22-23(14)15-6-8-16(9-7-15)24(26)27/h2-13H,1H3/b11-10+. The molecule has 3 heterocycles. The molecule has 0 N–H and O–H groups in total. The van der Waals surface area contributed by atoms with Crippen LogP contribution in [0.5, 0.6) is 0 Å². The fourth-order valence-corrected chi connectivity index (χ4v) is 2.98. The van der Waals surface area contributed by atoms with Crippen molar-refractivity contribution in [2.75, 3.05) is 0 Å². The molecule has 0 saturated heterocycles. The number of carbonyl (C=O) groups excluding carboxylic acids is 1. The molecule has 8 heteroatoms. The van der Waals surface area contributed by atoms with Crippen molar-refractivity contribution in [3.63, 3.8) is 0 Å². The zero-order valence-electron chi connectivity index (χ0n) is 15.3. The Morgan fingerprint density at radius 1 is 1.10 bits per heavy atom. The summed E-state index contributed by atoms with van der Waals surface area (Å²) in [7, 11) is 0. The summed E-state index contributed by atoms with van der Waals surface area (Å²) >= 11 is 0. The quantitative estimate of drug-likeness (QED) is 0.202. The van der Waals surface area contributed by atoms with Crippen LogP contribution in [0.3, 0.4) is 0 Å². The summed E-state index contributed by atoms with van der Waals surface area (Å²) in [5.74, 6) is 0.736. The Balaban J connectivity index is 1.79. The molecule has 3 aromatic heterocycles. The lowest BCUT2D eigenvalue weighted by molar-refractivity contribution is -0.384. The molecule has 0 fully saturated rings. The smallest absolute Gasteiger partial charge is 0.269 e. The summed E-state index contributed by atoms with van der Waals surface area (Å²) in [4.78, 5) is 23.4. The highest BCUT2D eigenvalue weighted by Gasteiger charge is 2.23. The Hall–Kier alpha value is -4.20. The van der Waals surface area contributed by atoms with Crippen LogP contribution in [0.15, 0.2) is 76.0 Å². The lowest BCUT2D eigenvalue weighted by Crippen LogP contribution is -2.02. The first-order chi connectivity index (χ1) is 14.0. The molecule has 29 heavy (non-hydrogen) atoms. The number of benzene rings is 1. The van der Waals surface area contributed by atoms with Crippen LogP contribution in [0.25, 0.3) is 23.2 Å². The van der Waals surface area contributed by atoms with Crippen molar-refractivity contribution < 1.29 is 18.6 Å². The molecule has 4 aromatic rings. The van der Waals surface area contributed by atoms with E-state index in [0.717, 1.165) is 0 Å². The zero-order chi connectivity index (χ0) is 20.4. The molecule has 0 saturated carbocycles. The number of aromatic nitrogens is 2. The summed E-state index contributed by atoms with van der Waals surface area (Å²) < 4.78 is 12.2. The monoisotopic (exact) mass is 389 g/mol. The van der Waals surface area contributed by atoms with E-state index in [4.69, 9.17) is 8.83 Å². The van der Waals surface area contributed by atoms with Gasteiger partial charge in [0.25, 0.3) is 5.69 Å². The van der Waals surface area contributed by atoms with Gasteiger partial charge in [-0.25, -0.2) is 4.68 Å². The van der Waals surface area contributed by atoms with Gasteiger partial charge in [-0.15, -0.1) is 0 Å². The highest BCUT2D eigenvalue weighted by molar-refractivity contribution is 6.11. The molecule has 0 atom stereocenters. The van der Waals surface area contributed by atoms with Crippen LogP contribution < -0.4 is 0 Å². The molecule has 0 spiro atoms. The third kappa shape index (κ3) is 3.51. The fraction of sp³-hybridized carbons (Fsp3) is 0.0476. The molecular weight excluding hydrogens is 374 g/mol. The van der Waals surface area contributed by atoms with E-state index >= 15 is 0 Å². The van der Waals surface area contributed by atoms with Gasteiger partial charge in [0.15, 0.2) is 11.5 Å². The second-order valence-electron chi connectivity index (χ2n) is 6.18. The minimum Gasteiger partial charge on any atom is -0.465 e. The first-order valence-electron chi connectivity index (χ1n) is 8.69. The molecule has 0 unspecified atom stereocenters. The van der Waals surface area contributed by atoms with E-state index in [9.17, 15) is 14.9 Å². The SMILES string of the molecule is Cc1c(C(=O)/C=C/c2ccco2)c(-c2ccco2)nn1-c1ccc([N+](=O)[O-])cc1. The number of nitro groups is 1. The van der Waals surface area contributed by atoms with E-state index in [1.165, 1.54) is 30.7 Å². The Labute approximate surface area is 164 Å². The number of carbonyl (C=O) groups is 1. The number of rotatable bonds is 6.